The van der Waals surface area contributed by atoms with Crippen molar-refractivity contribution in [3.8, 4) is 0 Å². The number of primary amides is 1. The molecule has 2 heterocycles. The Kier molecular flexibility index (Phi) is 12.1. The highest BCUT2D eigenvalue weighted by Crippen LogP contribution is 2.15. The molecule has 1 atom stereocenters. The van der Waals surface area contributed by atoms with E-state index in [-0.39, 0.29) is 18.2 Å². The van der Waals surface area contributed by atoms with Crippen molar-refractivity contribution in [2.45, 2.75) is 39.0 Å². The fourth-order valence-electron chi connectivity index (χ4n) is 3.82. The van der Waals surface area contributed by atoms with Crippen LogP contribution in [0.25, 0.3) is 0 Å². The first-order chi connectivity index (χ1) is 16.9. The number of amides is 4. The molecule has 1 aliphatic rings. The first-order valence-electron chi connectivity index (χ1n) is 11.8. The molecule has 4 amide bonds. The highest BCUT2D eigenvalue weighted by Gasteiger charge is 2.18. The number of carbonyl (C=O) groups excluding carboxylic acids is 4. The van der Waals surface area contributed by atoms with Gasteiger partial charge in [0.15, 0.2) is 0 Å². The smallest absolute Gasteiger partial charge is 0.250 e. The monoisotopic (exact) mass is 485 g/mol. The number of aryl methyl sites for hydroxylation is 1. The van der Waals surface area contributed by atoms with Crippen LogP contribution < -0.4 is 16.5 Å². The summed E-state index contributed by atoms with van der Waals surface area (Å²) in [5.41, 5.74) is 9.82. The Morgan fingerprint density at radius 2 is 1.94 bits per heavy atom. The minimum absolute atomic E-state index is 0.0914. The van der Waals surface area contributed by atoms with Gasteiger partial charge in [-0.3, -0.25) is 34.4 Å². The minimum atomic E-state index is -0.469. The molecule has 11 nitrogen and oxygen atoms in total. The molecule has 2 rings (SSSR count). The van der Waals surface area contributed by atoms with Crippen LogP contribution in [0.5, 0.6) is 0 Å². The molecule has 190 valence electrons. The van der Waals surface area contributed by atoms with Gasteiger partial charge in [-0.2, -0.15) is 5.10 Å². The number of piperazine rings is 1. The number of hydrazone groups is 1. The maximum atomic E-state index is 11.5. The molecule has 1 unspecified atom stereocenters. The number of unbranched alkanes of at least 4 members (excludes halogenated alkanes) is 1. The summed E-state index contributed by atoms with van der Waals surface area (Å²) >= 11 is 0. The van der Waals surface area contributed by atoms with Crippen LogP contribution in [0, 0.1) is 5.92 Å². The number of nitrogens with two attached hydrogens (primary N) is 1. The van der Waals surface area contributed by atoms with Crippen molar-refractivity contribution < 1.29 is 19.2 Å². The average Bonchev–Trinajstić information content (AvgIpc) is 2.86. The van der Waals surface area contributed by atoms with Crippen molar-refractivity contribution in [2.75, 3.05) is 32.7 Å². The number of hydrogen-bond donors (Lipinski definition) is 3. The van der Waals surface area contributed by atoms with Gasteiger partial charge in [-0.05, 0) is 50.3 Å². The van der Waals surface area contributed by atoms with Crippen LogP contribution in [0.15, 0.2) is 35.2 Å². The third-order valence-corrected chi connectivity index (χ3v) is 5.83. The molecule has 0 aliphatic carbocycles. The van der Waals surface area contributed by atoms with Crippen LogP contribution in [0.1, 0.15) is 48.7 Å². The predicted molar refractivity (Wildman–Crippen MR) is 132 cm³/mol. The third-order valence-electron chi connectivity index (χ3n) is 5.83. The maximum absolute atomic E-state index is 11.5. The van der Waals surface area contributed by atoms with E-state index in [0.717, 1.165) is 63.4 Å². The fourth-order valence-corrected chi connectivity index (χ4v) is 3.82. The van der Waals surface area contributed by atoms with Gasteiger partial charge < -0.3 is 10.6 Å². The second-order valence-electron chi connectivity index (χ2n) is 8.49. The van der Waals surface area contributed by atoms with Crippen molar-refractivity contribution in [1.82, 2.24) is 25.5 Å². The van der Waals surface area contributed by atoms with Gasteiger partial charge in [0.1, 0.15) is 0 Å². The van der Waals surface area contributed by atoms with E-state index in [0.29, 0.717) is 24.8 Å². The molecule has 4 N–H and O–H groups in total. The van der Waals surface area contributed by atoms with Gasteiger partial charge in [0.25, 0.3) is 0 Å². The summed E-state index contributed by atoms with van der Waals surface area (Å²) in [6.45, 7) is 6.47. The van der Waals surface area contributed by atoms with Gasteiger partial charge in [-0.25, -0.2) is 5.43 Å². The van der Waals surface area contributed by atoms with Crippen molar-refractivity contribution in [1.29, 1.82) is 0 Å². The van der Waals surface area contributed by atoms with Gasteiger partial charge in [-0.15, -0.1) is 0 Å². The van der Waals surface area contributed by atoms with E-state index < -0.39 is 5.91 Å². The quantitative estimate of drug-likeness (QED) is 0.141. The highest BCUT2D eigenvalue weighted by molar-refractivity contribution is 5.92. The lowest BCUT2D eigenvalue weighted by atomic mass is 10.0. The zero-order chi connectivity index (χ0) is 25.5. The number of imide groups is 1. The maximum Gasteiger partial charge on any atom is 0.250 e. The molecule has 1 saturated heterocycles. The molecule has 1 aromatic rings. The first kappa shape index (κ1) is 27.6. The molecule has 0 radical (unpaired) electrons. The first-order valence-corrected chi connectivity index (χ1v) is 11.8. The largest absolute Gasteiger partial charge is 0.368 e. The second kappa shape index (κ2) is 15.3. The molecule has 1 aromatic heterocycles. The van der Waals surface area contributed by atoms with E-state index in [9.17, 15) is 19.2 Å². The Hall–Kier alpha value is -3.60. The molecule has 1 fully saturated rings. The van der Waals surface area contributed by atoms with E-state index in [1.807, 2.05) is 19.1 Å². The summed E-state index contributed by atoms with van der Waals surface area (Å²) in [7, 11) is 0. The summed E-state index contributed by atoms with van der Waals surface area (Å²) in [5, 5.41) is 6.09. The number of aromatic nitrogens is 1. The Bertz CT molecular complexity index is 894. The lowest BCUT2D eigenvalue weighted by molar-refractivity contribution is -0.125. The van der Waals surface area contributed by atoms with Gasteiger partial charge in [-0.1, -0.05) is 13.0 Å². The molecule has 0 aromatic carbocycles. The van der Waals surface area contributed by atoms with Crippen LogP contribution in [0.2, 0.25) is 0 Å². The molecule has 0 saturated carbocycles. The normalized spacial score (nSPS) is 15.6. The summed E-state index contributed by atoms with van der Waals surface area (Å²) in [6, 6.07) is 3.56. The summed E-state index contributed by atoms with van der Waals surface area (Å²) in [4.78, 5) is 52.5. The van der Waals surface area contributed by atoms with Gasteiger partial charge in [0.05, 0.1) is 17.5 Å². The Labute approximate surface area is 205 Å². The van der Waals surface area contributed by atoms with E-state index >= 15 is 0 Å². The van der Waals surface area contributed by atoms with Crippen molar-refractivity contribution in [3.05, 3.63) is 41.4 Å². The molecular weight excluding hydrogens is 450 g/mol. The van der Waals surface area contributed by atoms with Gasteiger partial charge in [0, 0.05) is 44.5 Å². The molecule has 0 spiro atoms. The minimum Gasteiger partial charge on any atom is -0.368 e. The number of pyridine rings is 1. The van der Waals surface area contributed by atoms with Crippen LogP contribution in [-0.2, 0) is 20.8 Å². The van der Waals surface area contributed by atoms with Crippen LogP contribution in [-0.4, -0.2) is 78.4 Å². The van der Waals surface area contributed by atoms with Gasteiger partial charge >= 0.3 is 0 Å². The lowest BCUT2D eigenvalue weighted by Gasteiger charge is -2.36. The predicted octanol–water partition coefficient (Wildman–Crippen LogP) is 0.425. The molecule has 35 heavy (non-hydrogen) atoms. The third kappa shape index (κ3) is 10.5. The standard InChI is InChI=1S/C24H35N7O4/c1-19(5-8-23(34)27-17-32)14-22(16-28-29-18-33)31-12-10-30(11-13-31)9-3-2-4-21-7-6-20(15-26-21)24(25)35/h6-7,14-19H,2-5,8-13H2,1H3,(H2,25,35)(H,29,33)(H,27,32,34)/b22-14+,28-16?. The zero-order valence-corrected chi connectivity index (χ0v) is 20.2. The van der Waals surface area contributed by atoms with E-state index in [4.69, 9.17) is 5.73 Å². The number of carbonyl (C=O) groups is 4. The molecular formula is C24H35N7O4. The second-order valence-corrected chi connectivity index (χ2v) is 8.49. The molecule has 1 aliphatic heterocycles. The number of allylic oxidation sites excluding steroid dienone is 2. The van der Waals surface area contributed by atoms with Crippen molar-refractivity contribution >= 4 is 30.8 Å². The van der Waals surface area contributed by atoms with E-state index in [2.05, 4.69) is 30.6 Å². The van der Waals surface area contributed by atoms with Crippen molar-refractivity contribution in [2.24, 2.45) is 16.8 Å². The number of rotatable bonds is 15. The summed E-state index contributed by atoms with van der Waals surface area (Å²) < 4.78 is 0. The SMILES string of the molecule is CC(/C=C(\C=NNC=O)N1CCN(CCCCc2ccc(C(N)=O)cn2)CC1)CCC(=O)NC=O. The summed E-state index contributed by atoms with van der Waals surface area (Å²) in [6.07, 6.45) is 9.86. The topological polar surface area (TPSA) is 150 Å². The number of nitrogens with one attached hydrogen (secondary N) is 2. The van der Waals surface area contributed by atoms with Crippen molar-refractivity contribution in [3.63, 3.8) is 0 Å². The van der Waals surface area contributed by atoms with Gasteiger partial charge in [0.2, 0.25) is 24.6 Å². The Morgan fingerprint density at radius 3 is 2.57 bits per heavy atom. The Morgan fingerprint density at radius 1 is 1.17 bits per heavy atom. The fraction of sp³-hybridized carbons (Fsp3) is 0.500. The van der Waals surface area contributed by atoms with Crippen LogP contribution in [0.4, 0.5) is 0 Å². The lowest BCUT2D eigenvalue weighted by Crippen LogP contribution is -2.46. The number of hydrogen-bond acceptors (Lipinski definition) is 8. The average molecular weight is 486 g/mol. The Balaban J connectivity index is 1.79. The summed E-state index contributed by atoms with van der Waals surface area (Å²) in [5.74, 6) is -0.678. The molecule has 11 heteroatoms. The van der Waals surface area contributed by atoms with Crippen LogP contribution >= 0.6 is 0 Å². The van der Waals surface area contributed by atoms with E-state index in [1.54, 1.807) is 12.3 Å². The van der Waals surface area contributed by atoms with E-state index in [1.165, 1.54) is 6.20 Å². The zero-order valence-electron chi connectivity index (χ0n) is 20.2. The molecule has 0 bridgehead atoms. The van der Waals surface area contributed by atoms with Crippen LogP contribution in [0.3, 0.4) is 0 Å². The highest BCUT2D eigenvalue weighted by atomic mass is 16.2. The number of nitrogens with zero attached hydrogens (tertiary/aromatic N) is 4.